The van der Waals surface area contributed by atoms with Gasteiger partial charge in [-0.25, -0.2) is 0 Å². The monoisotopic (exact) mass is 316 g/mol. The van der Waals surface area contributed by atoms with Gasteiger partial charge in [0.1, 0.15) is 6.54 Å². The maximum atomic E-state index is 12.8. The first-order chi connectivity index (χ1) is 11.2. The molecular weight excluding hydrogens is 296 g/mol. The summed E-state index contributed by atoms with van der Waals surface area (Å²) in [4.78, 5) is 30.1. The summed E-state index contributed by atoms with van der Waals surface area (Å²) in [7, 11) is 1.55. The summed E-state index contributed by atoms with van der Waals surface area (Å²) < 4.78 is 9.96. The molecule has 0 saturated heterocycles. The van der Waals surface area contributed by atoms with Gasteiger partial charge in [-0.2, -0.15) is 0 Å². The zero-order chi connectivity index (χ0) is 16.7. The molecule has 122 valence electrons. The van der Waals surface area contributed by atoms with Crippen molar-refractivity contribution in [2.24, 2.45) is 0 Å². The molecule has 2 rings (SSSR count). The number of carbonyl (C=O) groups excluding carboxylic acids is 2. The molecule has 0 N–H and O–H groups in total. The van der Waals surface area contributed by atoms with Crippen molar-refractivity contribution < 1.29 is 19.1 Å². The van der Waals surface area contributed by atoms with E-state index in [0.29, 0.717) is 18.7 Å². The number of nitrogens with zero attached hydrogens (tertiary/aromatic N) is 2. The van der Waals surface area contributed by atoms with Gasteiger partial charge in [0.15, 0.2) is 0 Å². The van der Waals surface area contributed by atoms with E-state index in [1.807, 2.05) is 24.3 Å². The summed E-state index contributed by atoms with van der Waals surface area (Å²) >= 11 is 0. The fourth-order valence-corrected chi connectivity index (χ4v) is 2.27. The molecule has 2 aromatic rings. The van der Waals surface area contributed by atoms with Crippen LogP contribution in [0.2, 0.25) is 0 Å². The highest BCUT2D eigenvalue weighted by Crippen LogP contribution is 2.18. The predicted octanol–water partition coefficient (Wildman–Crippen LogP) is 1.89. The van der Waals surface area contributed by atoms with Gasteiger partial charge < -0.3 is 14.4 Å². The van der Waals surface area contributed by atoms with Crippen LogP contribution in [0.4, 0.5) is 0 Å². The summed E-state index contributed by atoms with van der Waals surface area (Å²) in [6.07, 6.45) is 3.23. The first-order valence-corrected chi connectivity index (χ1v) is 7.44. The molecule has 0 aliphatic rings. The van der Waals surface area contributed by atoms with Gasteiger partial charge >= 0.3 is 5.97 Å². The van der Waals surface area contributed by atoms with Crippen LogP contribution in [0.1, 0.15) is 17.3 Å². The molecule has 0 aliphatic carbocycles. The van der Waals surface area contributed by atoms with Gasteiger partial charge in [-0.1, -0.05) is 24.3 Å². The molecule has 1 aromatic carbocycles. The molecule has 0 radical (unpaired) electrons. The van der Waals surface area contributed by atoms with E-state index in [9.17, 15) is 9.59 Å². The minimum atomic E-state index is -0.440. The number of benzene rings is 1. The summed E-state index contributed by atoms with van der Waals surface area (Å²) in [6.45, 7) is 2.54. The van der Waals surface area contributed by atoms with Crippen molar-refractivity contribution in [1.29, 1.82) is 0 Å². The van der Waals surface area contributed by atoms with Crippen molar-refractivity contribution in [3.05, 3.63) is 42.2 Å². The zero-order valence-corrected chi connectivity index (χ0v) is 13.3. The standard InChI is InChI=1S/C17H20N2O4/c1-3-23-16(20)12-19(8-9-22-2)17(21)15-11-18-10-13-6-4-5-7-14(13)15/h4-7,10-11H,3,8-9,12H2,1-2H3. The predicted molar refractivity (Wildman–Crippen MR) is 86.2 cm³/mol. The molecule has 0 aliphatic heterocycles. The maximum absolute atomic E-state index is 12.8. The number of aromatic nitrogens is 1. The van der Waals surface area contributed by atoms with Gasteiger partial charge in [0.25, 0.3) is 5.91 Å². The van der Waals surface area contributed by atoms with E-state index in [1.54, 1.807) is 20.2 Å². The number of fused-ring (bicyclic) bond motifs is 1. The van der Waals surface area contributed by atoms with Crippen LogP contribution in [0.25, 0.3) is 10.8 Å². The molecular formula is C17H20N2O4. The summed E-state index contributed by atoms with van der Waals surface area (Å²) in [5.41, 5.74) is 0.462. The van der Waals surface area contributed by atoms with E-state index < -0.39 is 5.97 Å². The number of amides is 1. The van der Waals surface area contributed by atoms with Gasteiger partial charge in [0.05, 0.1) is 18.8 Å². The molecule has 0 atom stereocenters. The lowest BCUT2D eigenvalue weighted by atomic mass is 10.1. The van der Waals surface area contributed by atoms with Crippen molar-refractivity contribution in [3.63, 3.8) is 0 Å². The highest BCUT2D eigenvalue weighted by Gasteiger charge is 2.21. The Morgan fingerprint density at radius 2 is 2.00 bits per heavy atom. The second-order valence-electron chi connectivity index (χ2n) is 4.93. The summed E-state index contributed by atoms with van der Waals surface area (Å²) in [5, 5.41) is 1.68. The second kappa shape index (κ2) is 8.24. The fourth-order valence-electron chi connectivity index (χ4n) is 2.27. The Morgan fingerprint density at radius 1 is 1.22 bits per heavy atom. The topological polar surface area (TPSA) is 68.7 Å². The van der Waals surface area contributed by atoms with Crippen molar-refractivity contribution in [2.75, 3.05) is 33.4 Å². The molecule has 0 spiro atoms. The number of pyridine rings is 1. The number of methoxy groups -OCH3 is 1. The van der Waals surface area contributed by atoms with Gasteiger partial charge in [-0.05, 0) is 12.3 Å². The number of carbonyl (C=O) groups is 2. The first-order valence-electron chi connectivity index (χ1n) is 7.44. The smallest absolute Gasteiger partial charge is 0.325 e. The third kappa shape index (κ3) is 4.26. The molecule has 1 heterocycles. The van der Waals surface area contributed by atoms with E-state index in [-0.39, 0.29) is 19.1 Å². The second-order valence-corrected chi connectivity index (χ2v) is 4.93. The molecule has 23 heavy (non-hydrogen) atoms. The normalized spacial score (nSPS) is 10.5. The van der Waals surface area contributed by atoms with Crippen LogP contribution in [0.5, 0.6) is 0 Å². The third-order valence-electron chi connectivity index (χ3n) is 3.38. The Balaban J connectivity index is 2.29. The third-order valence-corrected chi connectivity index (χ3v) is 3.38. The zero-order valence-electron chi connectivity index (χ0n) is 13.3. The van der Waals surface area contributed by atoms with E-state index in [2.05, 4.69) is 4.98 Å². The van der Waals surface area contributed by atoms with Crippen molar-refractivity contribution in [2.45, 2.75) is 6.92 Å². The number of hydrogen-bond donors (Lipinski definition) is 0. The summed E-state index contributed by atoms with van der Waals surface area (Å²) in [6, 6.07) is 7.51. The number of rotatable bonds is 7. The molecule has 6 heteroatoms. The van der Waals surface area contributed by atoms with Crippen LogP contribution in [-0.2, 0) is 14.3 Å². The number of ether oxygens (including phenoxy) is 2. The highest BCUT2D eigenvalue weighted by atomic mass is 16.5. The molecule has 1 aromatic heterocycles. The fraction of sp³-hybridized carbons (Fsp3) is 0.353. The van der Waals surface area contributed by atoms with Crippen LogP contribution >= 0.6 is 0 Å². The Bertz CT molecular complexity index is 682. The maximum Gasteiger partial charge on any atom is 0.325 e. The lowest BCUT2D eigenvalue weighted by Gasteiger charge is -2.22. The van der Waals surface area contributed by atoms with Crippen LogP contribution in [0.3, 0.4) is 0 Å². The van der Waals surface area contributed by atoms with Crippen molar-refractivity contribution in [3.8, 4) is 0 Å². The van der Waals surface area contributed by atoms with Crippen molar-refractivity contribution in [1.82, 2.24) is 9.88 Å². The Hall–Kier alpha value is -2.47. The van der Waals surface area contributed by atoms with E-state index >= 15 is 0 Å². The minimum Gasteiger partial charge on any atom is -0.465 e. The molecule has 0 unspecified atom stereocenters. The van der Waals surface area contributed by atoms with Crippen LogP contribution in [0.15, 0.2) is 36.7 Å². The van der Waals surface area contributed by atoms with Crippen LogP contribution in [-0.4, -0.2) is 55.2 Å². The summed E-state index contributed by atoms with van der Waals surface area (Å²) in [5.74, 6) is -0.704. The van der Waals surface area contributed by atoms with E-state index in [1.165, 1.54) is 11.1 Å². The van der Waals surface area contributed by atoms with Crippen LogP contribution in [0, 0.1) is 0 Å². The van der Waals surface area contributed by atoms with E-state index in [0.717, 1.165) is 10.8 Å². The molecule has 6 nitrogen and oxygen atoms in total. The largest absolute Gasteiger partial charge is 0.465 e. The lowest BCUT2D eigenvalue weighted by molar-refractivity contribution is -0.143. The Kier molecular flexibility index (Phi) is 6.05. The van der Waals surface area contributed by atoms with Gasteiger partial charge in [0, 0.05) is 31.4 Å². The van der Waals surface area contributed by atoms with Gasteiger partial charge in [0.2, 0.25) is 0 Å². The average Bonchev–Trinajstić information content (AvgIpc) is 2.57. The highest BCUT2D eigenvalue weighted by molar-refractivity contribution is 6.07. The molecule has 1 amide bonds. The van der Waals surface area contributed by atoms with Gasteiger partial charge in [-0.3, -0.25) is 14.6 Å². The minimum absolute atomic E-state index is 0.112. The Labute approximate surface area is 135 Å². The SMILES string of the molecule is CCOC(=O)CN(CCOC)C(=O)c1cncc2ccccc12. The van der Waals surface area contributed by atoms with Crippen LogP contribution < -0.4 is 0 Å². The molecule has 0 fully saturated rings. The quantitative estimate of drug-likeness (QED) is 0.730. The number of esters is 1. The lowest BCUT2D eigenvalue weighted by Crippen LogP contribution is -2.38. The molecule has 0 bridgehead atoms. The molecule has 0 saturated carbocycles. The average molecular weight is 316 g/mol. The van der Waals surface area contributed by atoms with E-state index in [4.69, 9.17) is 9.47 Å². The van der Waals surface area contributed by atoms with Crippen molar-refractivity contribution >= 4 is 22.6 Å². The Morgan fingerprint density at radius 3 is 2.74 bits per heavy atom. The first kappa shape index (κ1) is 16.9. The van der Waals surface area contributed by atoms with Gasteiger partial charge in [-0.15, -0.1) is 0 Å². The number of hydrogen-bond acceptors (Lipinski definition) is 5.